The fraction of sp³-hybridized carbons (Fsp3) is 0.353. The number of nitrogens with one attached hydrogen (secondary N) is 2. The molecular formula is C17H23ClN4O2S. The Balaban J connectivity index is 0.00000312. The van der Waals surface area contributed by atoms with Crippen molar-refractivity contribution in [1.82, 2.24) is 10.3 Å². The molecular weight excluding hydrogens is 360 g/mol. The van der Waals surface area contributed by atoms with Crippen LogP contribution in [0, 0.1) is 0 Å². The molecule has 0 aliphatic carbocycles. The van der Waals surface area contributed by atoms with E-state index in [2.05, 4.69) is 15.6 Å². The van der Waals surface area contributed by atoms with Crippen molar-refractivity contribution in [2.45, 2.75) is 32.7 Å². The van der Waals surface area contributed by atoms with E-state index in [1.165, 1.54) is 11.3 Å². The number of thiazole rings is 1. The molecule has 0 unspecified atom stereocenters. The highest BCUT2D eigenvalue weighted by molar-refractivity contribution is 7.09. The first-order valence-electron chi connectivity index (χ1n) is 7.93. The molecule has 0 spiro atoms. The summed E-state index contributed by atoms with van der Waals surface area (Å²) >= 11 is 1.44. The van der Waals surface area contributed by atoms with Gasteiger partial charge in [0.1, 0.15) is 5.69 Å². The Morgan fingerprint density at radius 3 is 2.60 bits per heavy atom. The Labute approximate surface area is 157 Å². The van der Waals surface area contributed by atoms with Crippen LogP contribution in [0.2, 0.25) is 0 Å². The second-order valence-corrected chi connectivity index (χ2v) is 6.29. The molecule has 0 radical (unpaired) electrons. The molecule has 8 heteroatoms. The van der Waals surface area contributed by atoms with Crippen LogP contribution in [-0.2, 0) is 17.8 Å². The SMILES string of the molecule is CCCC(=O)Nc1ccc(CNC(=O)c2csc(CCN)n2)cc1.Cl. The average Bonchev–Trinajstić information content (AvgIpc) is 3.03. The quantitative estimate of drug-likeness (QED) is 0.653. The molecule has 0 fully saturated rings. The maximum absolute atomic E-state index is 12.1. The van der Waals surface area contributed by atoms with E-state index in [0.717, 1.165) is 22.7 Å². The van der Waals surface area contributed by atoms with Gasteiger partial charge in [-0.25, -0.2) is 4.98 Å². The smallest absolute Gasteiger partial charge is 0.271 e. The molecule has 0 aliphatic heterocycles. The summed E-state index contributed by atoms with van der Waals surface area (Å²) < 4.78 is 0. The summed E-state index contributed by atoms with van der Waals surface area (Å²) in [6.07, 6.45) is 2.01. The van der Waals surface area contributed by atoms with Crippen LogP contribution < -0.4 is 16.4 Å². The van der Waals surface area contributed by atoms with Gasteiger partial charge in [-0.05, 0) is 30.7 Å². The Kier molecular flexibility index (Phi) is 9.12. The van der Waals surface area contributed by atoms with Gasteiger partial charge >= 0.3 is 0 Å². The van der Waals surface area contributed by atoms with E-state index in [1.807, 2.05) is 31.2 Å². The second kappa shape index (κ2) is 10.8. The van der Waals surface area contributed by atoms with Crippen LogP contribution in [-0.4, -0.2) is 23.3 Å². The highest BCUT2D eigenvalue weighted by Gasteiger charge is 2.10. The summed E-state index contributed by atoms with van der Waals surface area (Å²) in [7, 11) is 0. The van der Waals surface area contributed by atoms with Crippen LogP contribution in [0.5, 0.6) is 0 Å². The van der Waals surface area contributed by atoms with E-state index in [1.54, 1.807) is 5.38 Å². The molecule has 6 nitrogen and oxygen atoms in total. The molecule has 2 aromatic rings. The summed E-state index contributed by atoms with van der Waals surface area (Å²) in [5.41, 5.74) is 7.61. The van der Waals surface area contributed by atoms with Gasteiger partial charge in [0.2, 0.25) is 5.91 Å². The van der Waals surface area contributed by atoms with E-state index >= 15 is 0 Å². The Morgan fingerprint density at radius 2 is 1.96 bits per heavy atom. The third-order valence-corrected chi connectivity index (χ3v) is 4.22. The summed E-state index contributed by atoms with van der Waals surface area (Å²) in [6.45, 7) is 2.90. The lowest BCUT2D eigenvalue weighted by Crippen LogP contribution is -2.23. The Bertz CT molecular complexity index is 688. The van der Waals surface area contributed by atoms with Crippen molar-refractivity contribution in [3.63, 3.8) is 0 Å². The maximum atomic E-state index is 12.1. The predicted molar refractivity (Wildman–Crippen MR) is 103 cm³/mol. The number of amides is 2. The number of nitrogens with two attached hydrogens (primary N) is 1. The van der Waals surface area contributed by atoms with Crippen LogP contribution in [0.15, 0.2) is 29.6 Å². The molecule has 0 atom stereocenters. The van der Waals surface area contributed by atoms with Gasteiger partial charge in [0.05, 0.1) is 5.01 Å². The minimum Gasteiger partial charge on any atom is -0.347 e. The lowest BCUT2D eigenvalue weighted by atomic mass is 10.2. The van der Waals surface area contributed by atoms with Crippen LogP contribution in [0.3, 0.4) is 0 Å². The highest BCUT2D eigenvalue weighted by Crippen LogP contribution is 2.12. The minimum absolute atomic E-state index is 0. The van der Waals surface area contributed by atoms with Crippen molar-refractivity contribution in [3.05, 3.63) is 45.9 Å². The highest BCUT2D eigenvalue weighted by atomic mass is 35.5. The number of aromatic nitrogens is 1. The number of anilines is 1. The molecule has 0 saturated heterocycles. The zero-order valence-electron chi connectivity index (χ0n) is 14.1. The molecule has 2 rings (SSSR count). The van der Waals surface area contributed by atoms with Crippen LogP contribution in [0.1, 0.15) is 40.8 Å². The monoisotopic (exact) mass is 382 g/mol. The van der Waals surface area contributed by atoms with E-state index in [-0.39, 0.29) is 24.2 Å². The summed E-state index contributed by atoms with van der Waals surface area (Å²) in [5, 5.41) is 8.28. The molecule has 1 aromatic carbocycles. The van der Waals surface area contributed by atoms with Crippen molar-refractivity contribution in [1.29, 1.82) is 0 Å². The van der Waals surface area contributed by atoms with E-state index in [9.17, 15) is 9.59 Å². The first-order valence-corrected chi connectivity index (χ1v) is 8.81. The van der Waals surface area contributed by atoms with Gasteiger partial charge in [-0.2, -0.15) is 0 Å². The third kappa shape index (κ3) is 6.81. The van der Waals surface area contributed by atoms with E-state index < -0.39 is 0 Å². The zero-order valence-corrected chi connectivity index (χ0v) is 15.7. The fourth-order valence-electron chi connectivity index (χ4n) is 2.08. The number of nitrogens with zero attached hydrogens (tertiary/aromatic N) is 1. The largest absolute Gasteiger partial charge is 0.347 e. The fourth-order valence-corrected chi connectivity index (χ4v) is 2.88. The van der Waals surface area contributed by atoms with Crippen LogP contribution in [0.25, 0.3) is 0 Å². The molecule has 0 saturated carbocycles. The van der Waals surface area contributed by atoms with Crippen LogP contribution >= 0.6 is 23.7 Å². The number of benzene rings is 1. The standard InChI is InChI=1S/C17H22N4O2S.ClH/c1-2-3-15(22)20-13-6-4-12(5-7-13)10-19-17(23)14-11-24-16(21-14)8-9-18;/h4-7,11H,2-3,8-10,18H2,1H3,(H,19,23)(H,20,22);1H. The summed E-state index contributed by atoms with van der Waals surface area (Å²) in [5.74, 6) is -0.190. The van der Waals surface area contributed by atoms with Gasteiger partial charge in [0, 0.05) is 30.5 Å². The van der Waals surface area contributed by atoms with Crippen molar-refractivity contribution in [2.24, 2.45) is 5.73 Å². The number of carbonyl (C=O) groups is 2. The third-order valence-electron chi connectivity index (χ3n) is 3.31. The second-order valence-electron chi connectivity index (χ2n) is 5.34. The topological polar surface area (TPSA) is 97.1 Å². The molecule has 2 amide bonds. The van der Waals surface area contributed by atoms with Crippen molar-refractivity contribution in [3.8, 4) is 0 Å². The van der Waals surface area contributed by atoms with Crippen LogP contribution in [0.4, 0.5) is 5.69 Å². The number of hydrogen-bond acceptors (Lipinski definition) is 5. The van der Waals surface area contributed by atoms with E-state index in [4.69, 9.17) is 5.73 Å². The molecule has 4 N–H and O–H groups in total. The molecule has 136 valence electrons. The van der Waals surface area contributed by atoms with Gasteiger partial charge in [-0.15, -0.1) is 23.7 Å². The van der Waals surface area contributed by atoms with E-state index in [0.29, 0.717) is 31.6 Å². The van der Waals surface area contributed by atoms with Crippen molar-refractivity contribution >= 4 is 41.2 Å². The Morgan fingerprint density at radius 1 is 1.24 bits per heavy atom. The lowest BCUT2D eigenvalue weighted by Gasteiger charge is -2.07. The maximum Gasteiger partial charge on any atom is 0.271 e. The summed E-state index contributed by atoms with van der Waals surface area (Å²) in [4.78, 5) is 27.9. The predicted octanol–water partition coefficient (Wildman–Crippen LogP) is 2.73. The number of hydrogen-bond donors (Lipinski definition) is 3. The zero-order chi connectivity index (χ0) is 17.4. The molecule has 0 aliphatic rings. The molecule has 1 aromatic heterocycles. The number of carbonyl (C=O) groups excluding carboxylic acids is 2. The van der Waals surface area contributed by atoms with Crippen molar-refractivity contribution in [2.75, 3.05) is 11.9 Å². The number of rotatable bonds is 8. The Hall–Kier alpha value is -1.96. The average molecular weight is 383 g/mol. The van der Waals surface area contributed by atoms with Gasteiger partial charge < -0.3 is 16.4 Å². The van der Waals surface area contributed by atoms with Gasteiger partial charge in [-0.3, -0.25) is 9.59 Å². The molecule has 1 heterocycles. The first-order chi connectivity index (χ1) is 11.6. The summed E-state index contributed by atoms with van der Waals surface area (Å²) in [6, 6.07) is 7.42. The molecule has 0 bridgehead atoms. The van der Waals surface area contributed by atoms with Gasteiger partial charge in [-0.1, -0.05) is 19.1 Å². The van der Waals surface area contributed by atoms with Crippen molar-refractivity contribution < 1.29 is 9.59 Å². The first kappa shape index (κ1) is 21.1. The van der Waals surface area contributed by atoms with Gasteiger partial charge in [0.25, 0.3) is 5.91 Å². The molecule has 25 heavy (non-hydrogen) atoms. The minimum atomic E-state index is -0.199. The van der Waals surface area contributed by atoms with Gasteiger partial charge in [0.15, 0.2) is 0 Å². The number of halogens is 1. The normalized spacial score (nSPS) is 10.0. The lowest BCUT2D eigenvalue weighted by molar-refractivity contribution is -0.116.